The van der Waals surface area contributed by atoms with E-state index in [-0.39, 0.29) is 18.4 Å². The van der Waals surface area contributed by atoms with Crippen molar-refractivity contribution < 1.29 is 14.8 Å². The van der Waals surface area contributed by atoms with E-state index in [1.807, 2.05) is 18.7 Å². The number of aliphatic hydroxyl groups excluding tert-OH is 1. The van der Waals surface area contributed by atoms with Crippen molar-refractivity contribution in [2.24, 2.45) is 0 Å². The molecule has 2 rings (SSSR count). The van der Waals surface area contributed by atoms with Crippen LogP contribution in [0.25, 0.3) is 0 Å². The number of non-ortho nitro benzene ring substituents is 1. The van der Waals surface area contributed by atoms with Crippen LogP contribution in [0.1, 0.15) is 13.8 Å². The number of benzene rings is 1. The van der Waals surface area contributed by atoms with Crippen molar-refractivity contribution in [2.45, 2.75) is 25.6 Å². The van der Waals surface area contributed by atoms with Gasteiger partial charge in [0.2, 0.25) is 0 Å². The van der Waals surface area contributed by atoms with Crippen LogP contribution in [0.4, 0.5) is 11.4 Å². The molecule has 1 aromatic rings. The summed E-state index contributed by atoms with van der Waals surface area (Å²) in [7, 11) is 0. The van der Waals surface area contributed by atoms with Crippen molar-refractivity contribution in [3.05, 3.63) is 33.3 Å². The van der Waals surface area contributed by atoms with E-state index in [1.165, 1.54) is 12.1 Å². The summed E-state index contributed by atoms with van der Waals surface area (Å²) in [5.41, 5.74) is 0.258. The Morgan fingerprint density at radius 1 is 1.60 bits per heavy atom. The first kappa shape index (κ1) is 15.0. The van der Waals surface area contributed by atoms with Gasteiger partial charge in [-0.05, 0) is 19.9 Å². The molecule has 7 heteroatoms. The number of hydrogen-bond acceptors (Lipinski definition) is 5. The minimum Gasteiger partial charge on any atom is -0.394 e. The molecule has 1 aliphatic heterocycles. The highest BCUT2D eigenvalue weighted by atomic mass is 35.5. The zero-order valence-electron chi connectivity index (χ0n) is 11.4. The van der Waals surface area contributed by atoms with Gasteiger partial charge in [-0.2, -0.15) is 0 Å². The van der Waals surface area contributed by atoms with Crippen LogP contribution in [0.2, 0.25) is 5.02 Å². The summed E-state index contributed by atoms with van der Waals surface area (Å²) in [6.07, 6.45) is -0.301. The summed E-state index contributed by atoms with van der Waals surface area (Å²) in [5.74, 6) is 0. The van der Waals surface area contributed by atoms with Gasteiger partial charge in [0.1, 0.15) is 0 Å². The third-order valence-electron chi connectivity index (χ3n) is 3.17. The Balaban J connectivity index is 2.28. The molecule has 1 aromatic carbocycles. The molecule has 0 aromatic heterocycles. The molecule has 0 aliphatic carbocycles. The number of ether oxygens (including phenoxy) is 1. The molecule has 6 nitrogen and oxygen atoms in total. The number of anilines is 1. The number of rotatable bonds is 3. The van der Waals surface area contributed by atoms with E-state index in [0.717, 1.165) is 0 Å². The fraction of sp³-hybridized carbons (Fsp3) is 0.538. The minimum atomic E-state index is -0.477. The number of nitro benzene ring substituents is 1. The molecule has 0 bridgehead atoms. The van der Waals surface area contributed by atoms with E-state index in [4.69, 9.17) is 16.3 Å². The summed E-state index contributed by atoms with van der Waals surface area (Å²) >= 11 is 6.14. The number of halogens is 1. The number of nitrogens with zero attached hydrogens (tertiary/aromatic N) is 2. The maximum atomic E-state index is 10.7. The molecule has 1 heterocycles. The number of hydrogen-bond donors (Lipinski definition) is 1. The van der Waals surface area contributed by atoms with E-state index < -0.39 is 10.5 Å². The van der Waals surface area contributed by atoms with E-state index in [0.29, 0.717) is 23.8 Å². The standard InChI is InChI=1S/C13H17ClN2O4/c1-13(2)8-15(6-10(7-17)20-13)12-4-3-9(16(18)19)5-11(12)14/h3-5,10,17H,6-8H2,1-2H3. The van der Waals surface area contributed by atoms with E-state index in [2.05, 4.69) is 0 Å². The Morgan fingerprint density at radius 2 is 2.30 bits per heavy atom. The quantitative estimate of drug-likeness (QED) is 0.684. The van der Waals surface area contributed by atoms with Gasteiger partial charge in [-0.3, -0.25) is 10.1 Å². The van der Waals surface area contributed by atoms with Crippen LogP contribution >= 0.6 is 11.6 Å². The fourth-order valence-corrected chi connectivity index (χ4v) is 2.73. The van der Waals surface area contributed by atoms with Gasteiger partial charge in [-0.1, -0.05) is 11.6 Å². The maximum absolute atomic E-state index is 10.7. The molecule has 0 radical (unpaired) electrons. The average Bonchev–Trinajstić information content (AvgIpc) is 2.36. The average molecular weight is 301 g/mol. The first-order valence-corrected chi connectivity index (χ1v) is 6.68. The number of morpholine rings is 1. The molecular weight excluding hydrogens is 284 g/mol. The van der Waals surface area contributed by atoms with E-state index in [1.54, 1.807) is 6.07 Å². The minimum absolute atomic E-state index is 0.0371. The normalized spacial score (nSPS) is 21.8. The summed E-state index contributed by atoms with van der Waals surface area (Å²) < 4.78 is 5.73. The molecule has 1 N–H and O–H groups in total. The summed E-state index contributed by atoms with van der Waals surface area (Å²) in [6, 6.07) is 4.40. The first-order chi connectivity index (χ1) is 9.32. The Bertz CT molecular complexity index is 521. The van der Waals surface area contributed by atoms with Crippen LogP contribution in [-0.2, 0) is 4.74 Å². The lowest BCUT2D eigenvalue weighted by atomic mass is 10.0. The topological polar surface area (TPSA) is 75.8 Å². The van der Waals surface area contributed by atoms with Crippen LogP contribution < -0.4 is 4.90 Å². The Kier molecular flexibility index (Phi) is 4.17. The van der Waals surface area contributed by atoms with Gasteiger partial charge in [0.05, 0.1) is 33.9 Å². The number of nitro groups is 1. The van der Waals surface area contributed by atoms with Crippen molar-refractivity contribution in [1.82, 2.24) is 0 Å². The van der Waals surface area contributed by atoms with Gasteiger partial charge in [0, 0.05) is 25.2 Å². The summed E-state index contributed by atoms with van der Waals surface area (Å²) in [5, 5.41) is 20.4. The van der Waals surface area contributed by atoms with E-state index in [9.17, 15) is 15.2 Å². The van der Waals surface area contributed by atoms with Crippen molar-refractivity contribution >= 4 is 23.0 Å². The SMILES string of the molecule is CC1(C)CN(c2ccc([N+](=O)[O-])cc2Cl)CC(CO)O1. The van der Waals surface area contributed by atoms with Gasteiger partial charge >= 0.3 is 0 Å². The highest BCUT2D eigenvalue weighted by molar-refractivity contribution is 6.33. The Hall–Kier alpha value is -1.37. The third kappa shape index (κ3) is 3.20. The van der Waals surface area contributed by atoms with Gasteiger partial charge in [0.15, 0.2) is 0 Å². The largest absolute Gasteiger partial charge is 0.394 e. The second-order valence-electron chi connectivity index (χ2n) is 5.46. The van der Waals surface area contributed by atoms with Gasteiger partial charge < -0.3 is 14.7 Å². The molecule has 0 spiro atoms. The Labute approximate surface area is 122 Å². The fourth-order valence-electron chi connectivity index (χ4n) is 2.44. The predicted octanol–water partition coefficient (Wildman–Crippen LogP) is 2.22. The first-order valence-electron chi connectivity index (χ1n) is 6.30. The van der Waals surface area contributed by atoms with Crippen molar-refractivity contribution in [3.63, 3.8) is 0 Å². The lowest BCUT2D eigenvalue weighted by Gasteiger charge is -2.43. The molecule has 1 fully saturated rings. The van der Waals surface area contributed by atoms with Crippen LogP contribution in [0.5, 0.6) is 0 Å². The Morgan fingerprint density at radius 3 is 2.85 bits per heavy atom. The van der Waals surface area contributed by atoms with Crippen LogP contribution in [0.15, 0.2) is 18.2 Å². The van der Waals surface area contributed by atoms with Crippen LogP contribution in [-0.4, -0.2) is 41.4 Å². The molecule has 20 heavy (non-hydrogen) atoms. The summed E-state index contributed by atoms with van der Waals surface area (Å²) in [6.45, 7) is 4.88. The van der Waals surface area contributed by atoms with Crippen molar-refractivity contribution in [2.75, 3.05) is 24.6 Å². The highest BCUT2D eigenvalue weighted by Gasteiger charge is 2.34. The van der Waals surface area contributed by atoms with Gasteiger partial charge in [0.25, 0.3) is 5.69 Å². The molecule has 1 saturated heterocycles. The zero-order chi connectivity index (χ0) is 14.9. The lowest BCUT2D eigenvalue weighted by molar-refractivity contribution is -0.384. The smallest absolute Gasteiger partial charge is 0.271 e. The molecule has 0 saturated carbocycles. The van der Waals surface area contributed by atoms with E-state index >= 15 is 0 Å². The van der Waals surface area contributed by atoms with Crippen LogP contribution in [0, 0.1) is 10.1 Å². The monoisotopic (exact) mass is 300 g/mol. The second-order valence-corrected chi connectivity index (χ2v) is 5.86. The molecule has 110 valence electrons. The molecule has 1 atom stereocenters. The van der Waals surface area contributed by atoms with Crippen LogP contribution in [0.3, 0.4) is 0 Å². The summed E-state index contributed by atoms with van der Waals surface area (Å²) in [4.78, 5) is 12.2. The van der Waals surface area contributed by atoms with Crippen molar-refractivity contribution in [1.29, 1.82) is 0 Å². The number of aliphatic hydroxyl groups is 1. The molecule has 0 amide bonds. The predicted molar refractivity (Wildman–Crippen MR) is 76.4 cm³/mol. The maximum Gasteiger partial charge on any atom is 0.271 e. The van der Waals surface area contributed by atoms with Crippen molar-refractivity contribution in [3.8, 4) is 0 Å². The molecule has 1 unspecified atom stereocenters. The van der Waals surface area contributed by atoms with Gasteiger partial charge in [-0.25, -0.2) is 0 Å². The van der Waals surface area contributed by atoms with Gasteiger partial charge in [-0.15, -0.1) is 0 Å². The molecule has 1 aliphatic rings. The second kappa shape index (κ2) is 5.55. The molecular formula is C13H17ClN2O4. The third-order valence-corrected chi connectivity index (χ3v) is 3.47. The zero-order valence-corrected chi connectivity index (χ0v) is 12.1. The highest BCUT2D eigenvalue weighted by Crippen LogP contribution is 2.33. The lowest BCUT2D eigenvalue weighted by Crippen LogP contribution is -2.54.